The SMILES string of the molecule is O=C(CS[C@H]1CC(=O)N(c2ccc(C(=O)O)cc2)C1=O)Nc1cccc(F)c1. The first-order valence-electron chi connectivity index (χ1n) is 8.22. The molecule has 0 unspecified atom stereocenters. The summed E-state index contributed by atoms with van der Waals surface area (Å²) in [5.74, 6) is -2.96. The number of imide groups is 1. The summed E-state index contributed by atoms with van der Waals surface area (Å²) in [6.45, 7) is 0. The summed E-state index contributed by atoms with van der Waals surface area (Å²) >= 11 is 1.02. The molecule has 7 nitrogen and oxygen atoms in total. The molecule has 2 aromatic carbocycles. The second kappa shape index (κ2) is 8.22. The van der Waals surface area contributed by atoms with E-state index in [0.29, 0.717) is 5.69 Å². The fourth-order valence-corrected chi connectivity index (χ4v) is 3.63. The standard InChI is InChI=1S/C19H15FN2O5S/c20-12-2-1-3-13(8-12)21-16(23)10-28-15-9-17(24)22(18(15)25)14-6-4-11(5-7-14)19(26)27/h1-8,15H,9-10H2,(H,21,23)(H,26,27)/t15-/m0/s1. The molecule has 0 radical (unpaired) electrons. The van der Waals surface area contributed by atoms with Crippen molar-refractivity contribution in [1.82, 2.24) is 0 Å². The van der Waals surface area contributed by atoms with Gasteiger partial charge in [0.05, 0.1) is 22.3 Å². The van der Waals surface area contributed by atoms with Crippen LogP contribution in [0.4, 0.5) is 15.8 Å². The zero-order chi connectivity index (χ0) is 20.3. The lowest BCUT2D eigenvalue weighted by Crippen LogP contribution is -2.31. The molecule has 0 spiro atoms. The van der Waals surface area contributed by atoms with E-state index in [0.717, 1.165) is 16.7 Å². The number of nitrogens with zero attached hydrogens (tertiary/aromatic N) is 1. The number of anilines is 2. The van der Waals surface area contributed by atoms with E-state index in [1.165, 1.54) is 42.5 Å². The van der Waals surface area contributed by atoms with E-state index in [-0.39, 0.29) is 23.4 Å². The molecule has 1 saturated heterocycles. The molecule has 3 rings (SSSR count). The fourth-order valence-electron chi connectivity index (χ4n) is 2.70. The van der Waals surface area contributed by atoms with Crippen molar-refractivity contribution in [2.45, 2.75) is 11.7 Å². The van der Waals surface area contributed by atoms with E-state index in [9.17, 15) is 23.6 Å². The van der Waals surface area contributed by atoms with Gasteiger partial charge in [0, 0.05) is 12.1 Å². The number of carbonyl (C=O) groups excluding carboxylic acids is 3. The highest BCUT2D eigenvalue weighted by molar-refractivity contribution is 8.01. The molecule has 2 N–H and O–H groups in total. The maximum atomic E-state index is 13.1. The molecule has 1 aliphatic rings. The summed E-state index contributed by atoms with van der Waals surface area (Å²) in [7, 11) is 0. The zero-order valence-corrected chi connectivity index (χ0v) is 15.2. The predicted molar refractivity (Wildman–Crippen MR) is 102 cm³/mol. The van der Waals surface area contributed by atoms with Gasteiger partial charge in [-0.3, -0.25) is 14.4 Å². The van der Waals surface area contributed by atoms with Crippen molar-refractivity contribution < 1.29 is 28.7 Å². The Balaban J connectivity index is 1.60. The van der Waals surface area contributed by atoms with Crippen LogP contribution in [0.5, 0.6) is 0 Å². The van der Waals surface area contributed by atoms with Crippen LogP contribution in [0.2, 0.25) is 0 Å². The molecule has 1 aliphatic heterocycles. The third-order valence-electron chi connectivity index (χ3n) is 4.00. The van der Waals surface area contributed by atoms with Crippen molar-refractivity contribution in [3.05, 3.63) is 59.9 Å². The van der Waals surface area contributed by atoms with E-state index in [4.69, 9.17) is 5.11 Å². The lowest BCUT2D eigenvalue weighted by Gasteiger charge is -2.15. The number of carboxylic acid groups (broad SMARTS) is 1. The van der Waals surface area contributed by atoms with Gasteiger partial charge in [0.2, 0.25) is 17.7 Å². The van der Waals surface area contributed by atoms with Gasteiger partial charge in [0.1, 0.15) is 5.82 Å². The number of aromatic carboxylic acids is 1. The number of rotatable bonds is 6. The van der Waals surface area contributed by atoms with Crippen LogP contribution in [-0.4, -0.2) is 39.8 Å². The van der Waals surface area contributed by atoms with Crippen molar-refractivity contribution in [3.63, 3.8) is 0 Å². The number of carboxylic acids is 1. The average molecular weight is 402 g/mol. The van der Waals surface area contributed by atoms with Gasteiger partial charge in [-0.2, -0.15) is 0 Å². The summed E-state index contributed by atoms with van der Waals surface area (Å²) < 4.78 is 13.1. The third kappa shape index (κ3) is 4.37. The van der Waals surface area contributed by atoms with Crippen molar-refractivity contribution in [2.24, 2.45) is 0 Å². The average Bonchev–Trinajstić information content (AvgIpc) is 2.93. The molecule has 3 amide bonds. The molecule has 144 valence electrons. The van der Waals surface area contributed by atoms with Gasteiger partial charge in [-0.25, -0.2) is 14.1 Å². The molecule has 28 heavy (non-hydrogen) atoms. The lowest BCUT2D eigenvalue weighted by atomic mass is 10.2. The normalized spacial score (nSPS) is 16.3. The lowest BCUT2D eigenvalue weighted by molar-refractivity contribution is -0.121. The minimum absolute atomic E-state index is 0.0442. The van der Waals surface area contributed by atoms with Crippen LogP contribution in [0.25, 0.3) is 0 Å². The van der Waals surface area contributed by atoms with Crippen molar-refractivity contribution >= 4 is 46.8 Å². The number of hydrogen-bond donors (Lipinski definition) is 2. The van der Waals surface area contributed by atoms with E-state index in [1.807, 2.05) is 0 Å². The first kappa shape index (κ1) is 19.6. The molecular weight excluding hydrogens is 387 g/mol. The summed E-state index contributed by atoms with van der Waals surface area (Å²) in [4.78, 5) is 48.7. The summed E-state index contributed by atoms with van der Waals surface area (Å²) in [6, 6.07) is 10.8. The second-order valence-electron chi connectivity index (χ2n) is 5.98. The molecule has 2 aromatic rings. The van der Waals surface area contributed by atoms with Crippen LogP contribution in [0.3, 0.4) is 0 Å². The predicted octanol–water partition coefficient (Wildman–Crippen LogP) is 2.53. The van der Waals surface area contributed by atoms with Gasteiger partial charge < -0.3 is 10.4 Å². The van der Waals surface area contributed by atoms with Crippen molar-refractivity contribution in [2.75, 3.05) is 16.0 Å². The quantitative estimate of drug-likeness (QED) is 0.720. The Morgan fingerprint density at radius 2 is 1.89 bits per heavy atom. The minimum Gasteiger partial charge on any atom is -0.478 e. The van der Waals surface area contributed by atoms with Gasteiger partial charge >= 0.3 is 5.97 Å². The van der Waals surface area contributed by atoms with Crippen LogP contribution in [0.1, 0.15) is 16.8 Å². The Labute approximate surface area is 163 Å². The Hall–Kier alpha value is -3.20. The fraction of sp³-hybridized carbons (Fsp3) is 0.158. The van der Waals surface area contributed by atoms with Gasteiger partial charge in [0.25, 0.3) is 0 Å². The Morgan fingerprint density at radius 3 is 2.54 bits per heavy atom. The largest absolute Gasteiger partial charge is 0.478 e. The second-order valence-corrected chi connectivity index (χ2v) is 7.17. The van der Waals surface area contributed by atoms with Gasteiger partial charge in [-0.1, -0.05) is 6.07 Å². The van der Waals surface area contributed by atoms with E-state index < -0.39 is 34.8 Å². The Bertz CT molecular complexity index is 948. The van der Waals surface area contributed by atoms with Gasteiger partial charge in [-0.15, -0.1) is 11.8 Å². The monoisotopic (exact) mass is 402 g/mol. The highest BCUT2D eigenvalue weighted by atomic mass is 32.2. The van der Waals surface area contributed by atoms with Crippen LogP contribution in [0.15, 0.2) is 48.5 Å². The number of thioether (sulfide) groups is 1. The topological polar surface area (TPSA) is 104 Å². The molecular formula is C19H15FN2O5S. The molecule has 1 atom stereocenters. The zero-order valence-electron chi connectivity index (χ0n) is 14.4. The summed E-state index contributed by atoms with van der Waals surface area (Å²) in [5.41, 5.74) is 0.634. The highest BCUT2D eigenvalue weighted by Gasteiger charge is 2.40. The number of halogens is 1. The first-order valence-corrected chi connectivity index (χ1v) is 9.27. The van der Waals surface area contributed by atoms with Crippen LogP contribution in [0, 0.1) is 5.82 Å². The molecule has 0 saturated carbocycles. The van der Waals surface area contributed by atoms with Crippen molar-refractivity contribution in [1.29, 1.82) is 0 Å². The summed E-state index contributed by atoms with van der Waals surface area (Å²) in [6.07, 6.45) is -0.0581. The smallest absolute Gasteiger partial charge is 0.335 e. The van der Waals surface area contributed by atoms with Crippen LogP contribution in [-0.2, 0) is 14.4 Å². The van der Waals surface area contributed by atoms with E-state index >= 15 is 0 Å². The van der Waals surface area contributed by atoms with E-state index in [2.05, 4.69) is 5.32 Å². The Kier molecular flexibility index (Phi) is 5.74. The highest BCUT2D eigenvalue weighted by Crippen LogP contribution is 2.30. The number of nitrogens with one attached hydrogen (secondary N) is 1. The van der Waals surface area contributed by atoms with Gasteiger partial charge in [0.15, 0.2) is 0 Å². The molecule has 0 aromatic heterocycles. The number of carbonyl (C=O) groups is 4. The molecule has 1 fully saturated rings. The number of benzene rings is 2. The molecule has 1 heterocycles. The first-order chi connectivity index (χ1) is 13.3. The third-order valence-corrected chi connectivity index (χ3v) is 5.20. The molecule has 0 bridgehead atoms. The molecule has 9 heteroatoms. The number of amides is 3. The van der Waals surface area contributed by atoms with Crippen molar-refractivity contribution in [3.8, 4) is 0 Å². The maximum Gasteiger partial charge on any atom is 0.335 e. The Morgan fingerprint density at radius 1 is 1.18 bits per heavy atom. The van der Waals surface area contributed by atoms with Crippen LogP contribution < -0.4 is 10.2 Å². The van der Waals surface area contributed by atoms with E-state index in [1.54, 1.807) is 6.07 Å². The van der Waals surface area contributed by atoms with Gasteiger partial charge in [-0.05, 0) is 42.5 Å². The number of hydrogen-bond acceptors (Lipinski definition) is 5. The minimum atomic E-state index is -1.11. The van der Waals surface area contributed by atoms with Crippen LogP contribution >= 0.6 is 11.8 Å². The maximum absolute atomic E-state index is 13.1. The molecule has 0 aliphatic carbocycles. The summed E-state index contributed by atoms with van der Waals surface area (Å²) in [5, 5.41) is 10.7.